The molecule has 0 aliphatic heterocycles. The molecule has 0 aliphatic rings. The van der Waals surface area contributed by atoms with Crippen molar-refractivity contribution < 1.29 is 13.2 Å². The van der Waals surface area contributed by atoms with E-state index >= 15 is 0 Å². The Bertz CT molecular complexity index is 911. The molecule has 0 saturated heterocycles. The van der Waals surface area contributed by atoms with Gasteiger partial charge in [-0.15, -0.1) is 11.8 Å². The fourth-order valence-corrected chi connectivity index (χ4v) is 4.46. The molecule has 0 fully saturated rings. The van der Waals surface area contributed by atoms with E-state index in [1.165, 1.54) is 38.0 Å². The Morgan fingerprint density at radius 1 is 1.15 bits per heavy atom. The average Bonchev–Trinajstić information content (AvgIpc) is 2.56. The summed E-state index contributed by atoms with van der Waals surface area (Å²) in [4.78, 5) is 13.0. The van der Waals surface area contributed by atoms with Crippen LogP contribution in [0.5, 0.6) is 0 Å². The molecule has 140 valence electrons. The lowest BCUT2D eigenvalue weighted by Gasteiger charge is -2.14. The van der Waals surface area contributed by atoms with E-state index in [-0.39, 0.29) is 16.6 Å². The molecule has 0 bridgehead atoms. The summed E-state index contributed by atoms with van der Waals surface area (Å²) < 4.78 is 25.6. The number of thioether (sulfide) groups is 1. The Morgan fingerprint density at radius 3 is 2.35 bits per heavy atom. The van der Waals surface area contributed by atoms with Gasteiger partial charge in [-0.2, -0.15) is 0 Å². The molecule has 9 heteroatoms. The van der Waals surface area contributed by atoms with Crippen molar-refractivity contribution >= 4 is 56.6 Å². The molecule has 2 aromatic carbocycles. The summed E-state index contributed by atoms with van der Waals surface area (Å²) in [5, 5.41) is 3.70. The third-order valence-corrected chi connectivity index (χ3v) is 7.33. The number of anilines is 1. The number of carbonyl (C=O) groups excluding carboxylic acids is 1. The summed E-state index contributed by atoms with van der Waals surface area (Å²) >= 11 is 13.4. The average molecular weight is 433 g/mol. The lowest BCUT2D eigenvalue weighted by molar-refractivity contribution is -0.113. The van der Waals surface area contributed by atoms with Crippen LogP contribution in [0.3, 0.4) is 0 Å². The summed E-state index contributed by atoms with van der Waals surface area (Å²) in [5.41, 5.74) is 1.21. The third kappa shape index (κ3) is 4.92. The fraction of sp³-hybridized carbons (Fsp3) is 0.235. The fourth-order valence-electron chi connectivity index (χ4n) is 2.05. The smallest absolute Gasteiger partial charge is 0.242 e. The predicted molar refractivity (Wildman–Crippen MR) is 108 cm³/mol. The van der Waals surface area contributed by atoms with Gasteiger partial charge in [0.1, 0.15) is 0 Å². The van der Waals surface area contributed by atoms with Crippen LogP contribution in [0.25, 0.3) is 0 Å². The van der Waals surface area contributed by atoms with Gasteiger partial charge < -0.3 is 5.32 Å². The molecule has 0 spiro atoms. The molecule has 0 radical (unpaired) electrons. The second-order valence-electron chi connectivity index (χ2n) is 5.65. The summed E-state index contributed by atoms with van der Waals surface area (Å²) in [6.45, 7) is 1.79. The summed E-state index contributed by atoms with van der Waals surface area (Å²) in [5.74, 6) is -0.193. The number of amides is 1. The van der Waals surface area contributed by atoms with Crippen molar-refractivity contribution in [3.8, 4) is 0 Å². The maximum atomic E-state index is 12.3. The molecule has 2 rings (SSSR count). The summed E-state index contributed by atoms with van der Waals surface area (Å²) in [7, 11) is -0.665. The lowest BCUT2D eigenvalue weighted by atomic mass is 10.2. The van der Waals surface area contributed by atoms with E-state index in [1.807, 2.05) is 0 Å². The topological polar surface area (TPSA) is 66.5 Å². The van der Waals surface area contributed by atoms with Crippen molar-refractivity contribution in [3.05, 3.63) is 52.0 Å². The molecule has 2 aromatic rings. The van der Waals surface area contributed by atoms with Crippen LogP contribution in [0.2, 0.25) is 10.0 Å². The van der Waals surface area contributed by atoms with Crippen LogP contribution in [0.4, 0.5) is 5.69 Å². The zero-order valence-electron chi connectivity index (χ0n) is 14.4. The number of hydrogen-bond donors (Lipinski definition) is 1. The lowest BCUT2D eigenvalue weighted by Crippen LogP contribution is -2.22. The van der Waals surface area contributed by atoms with Crippen LogP contribution >= 0.6 is 35.0 Å². The molecule has 26 heavy (non-hydrogen) atoms. The Balaban J connectivity index is 2.14. The predicted octanol–water partition coefficient (Wildman–Crippen LogP) is 4.28. The van der Waals surface area contributed by atoms with Gasteiger partial charge in [-0.3, -0.25) is 4.79 Å². The number of rotatable bonds is 6. The van der Waals surface area contributed by atoms with Crippen molar-refractivity contribution in [2.45, 2.75) is 16.7 Å². The first kappa shape index (κ1) is 21.1. The van der Waals surface area contributed by atoms with Crippen LogP contribution < -0.4 is 5.32 Å². The number of benzene rings is 2. The normalized spacial score (nSPS) is 11.6. The number of aryl methyl sites for hydroxylation is 1. The van der Waals surface area contributed by atoms with E-state index in [0.29, 0.717) is 20.6 Å². The van der Waals surface area contributed by atoms with Gasteiger partial charge in [-0.05, 0) is 36.8 Å². The first-order chi connectivity index (χ1) is 12.1. The minimum atomic E-state index is -3.58. The first-order valence-corrected chi connectivity index (χ1v) is 10.7. The van der Waals surface area contributed by atoms with E-state index in [0.717, 1.165) is 9.87 Å². The van der Waals surface area contributed by atoms with Gasteiger partial charge in [0.05, 0.1) is 20.7 Å². The molecular weight excluding hydrogens is 415 g/mol. The van der Waals surface area contributed by atoms with E-state index < -0.39 is 10.0 Å². The highest BCUT2D eigenvalue weighted by atomic mass is 35.5. The SMILES string of the molecule is Cc1ccc(S(=O)(=O)N(C)C)cc1NC(=O)CSc1c(Cl)cccc1Cl. The van der Waals surface area contributed by atoms with E-state index in [2.05, 4.69) is 5.32 Å². The molecule has 1 amide bonds. The van der Waals surface area contributed by atoms with E-state index in [4.69, 9.17) is 23.2 Å². The number of halogens is 2. The zero-order chi connectivity index (χ0) is 19.5. The van der Waals surface area contributed by atoms with Gasteiger partial charge in [0.25, 0.3) is 0 Å². The third-order valence-electron chi connectivity index (χ3n) is 3.53. The first-order valence-electron chi connectivity index (χ1n) is 7.52. The van der Waals surface area contributed by atoms with Crippen LogP contribution in [-0.4, -0.2) is 38.5 Å². The minimum absolute atomic E-state index is 0.0908. The number of sulfonamides is 1. The number of hydrogen-bond acceptors (Lipinski definition) is 4. The minimum Gasteiger partial charge on any atom is -0.325 e. The van der Waals surface area contributed by atoms with Crippen molar-refractivity contribution in [1.82, 2.24) is 4.31 Å². The van der Waals surface area contributed by atoms with Gasteiger partial charge in [0, 0.05) is 24.7 Å². The molecule has 0 aromatic heterocycles. The van der Waals surface area contributed by atoms with Crippen LogP contribution in [0.1, 0.15) is 5.56 Å². The second kappa shape index (κ2) is 8.63. The number of nitrogens with zero attached hydrogens (tertiary/aromatic N) is 1. The van der Waals surface area contributed by atoms with E-state index in [1.54, 1.807) is 31.2 Å². The molecule has 0 atom stereocenters. The monoisotopic (exact) mass is 432 g/mol. The van der Waals surface area contributed by atoms with Gasteiger partial charge in [-0.1, -0.05) is 35.3 Å². The maximum Gasteiger partial charge on any atom is 0.242 e. The zero-order valence-corrected chi connectivity index (χ0v) is 17.6. The number of nitrogens with one attached hydrogen (secondary N) is 1. The van der Waals surface area contributed by atoms with Crippen molar-refractivity contribution in [2.24, 2.45) is 0 Å². The Morgan fingerprint density at radius 2 is 1.77 bits per heavy atom. The van der Waals surface area contributed by atoms with Crippen LogP contribution in [0.15, 0.2) is 46.2 Å². The van der Waals surface area contributed by atoms with Gasteiger partial charge in [0.2, 0.25) is 15.9 Å². The molecular formula is C17H18Cl2N2O3S2. The molecule has 1 N–H and O–H groups in total. The van der Waals surface area contributed by atoms with Gasteiger partial charge >= 0.3 is 0 Å². The van der Waals surface area contributed by atoms with Crippen molar-refractivity contribution in [1.29, 1.82) is 0 Å². The standard InChI is InChI=1S/C17H18Cl2N2O3S2/c1-11-7-8-12(26(23,24)21(2)3)9-15(11)20-16(22)10-25-17-13(18)5-4-6-14(17)19/h4-9H,10H2,1-3H3,(H,20,22). The maximum absolute atomic E-state index is 12.3. The van der Waals surface area contributed by atoms with Gasteiger partial charge in [-0.25, -0.2) is 12.7 Å². The second-order valence-corrected chi connectivity index (χ2v) is 9.60. The van der Waals surface area contributed by atoms with Crippen molar-refractivity contribution in [2.75, 3.05) is 25.2 Å². The Labute approximate surface area is 167 Å². The van der Waals surface area contributed by atoms with Crippen molar-refractivity contribution in [3.63, 3.8) is 0 Å². The quantitative estimate of drug-likeness (QED) is 0.691. The largest absolute Gasteiger partial charge is 0.325 e. The molecule has 0 unspecified atom stereocenters. The number of carbonyl (C=O) groups is 1. The molecule has 0 heterocycles. The molecule has 5 nitrogen and oxygen atoms in total. The van der Waals surface area contributed by atoms with Crippen LogP contribution in [0, 0.1) is 6.92 Å². The highest BCUT2D eigenvalue weighted by Gasteiger charge is 2.19. The Kier molecular flexibility index (Phi) is 6.99. The van der Waals surface area contributed by atoms with Crippen LogP contribution in [-0.2, 0) is 14.8 Å². The summed E-state index contributed by atoms with van der Waals surface area (Å²) in [6.07, 6.45) is 0. The van der Waals surface area contributed by atoms with E-state index in [9.17, 15) is 13.2 Å². The highest BCUT2D eigenvalue weighted by Crippen LogP contribution is 2.34. The molecule has 0 saturated carbocycles. The van der Waals surface area contributed by atoms with Gasteiger partial charge in [0.15, 0.2) is 0 Å². The molecule has 0 aliphatic carbocycles. The Hall–Kier alpha value is -1.25. The summed E-state index contributed by atoms with van der Waals surface area (Å²) in [6, 6.07) is 9.76. The highest BCUT2D eigenvalue weighted by molar-refractivity contribution is 8.00.